The van der Waals surface area contributed by atoms with Gasteiger partial charge in [0.2, 0.25) is 10.0 Å². The van der Waals surface area contributed by atoms with Crippen molar-refractivity contribution in [3.8, 4) is 0 Å². The summed E-state index contributed by atoms with van der Waals surface area (Å²) in [6, 6.07) is 1.66. The summed E-state index contributed by atoms with van der Waals surface area (Å²) < 4.78 is 37.5. The Morgan fingerprint density at radius 2 is 1.95 bits per heavy atom. The van der Waals surface area contributed by atoms with Crippen molar-refractivity contribution in [2.75, 3.05) is 39.2 Å². The van der Waals surface area contributed by atoms with Gasteiger partial charge in [-0.25, -0.2) is 8.42 Å². The van der Waals surface area contributed by atoms with Gasteiger partial charge < -0.3 is 14.8 Å². The maximum Gasteiger partial charge on any atom is 0.246 e. The van der Waals surface area contributed by atoms with Crippen LogP contribution in [0.15, 0.2) is 23.4 Å². The fourth-order valence-electron chi connectivity index (χ4n) is 2.42. The van der Waals surface area contributed by atoms with E-state index >= 15 is 0 Å². The Morgan fingerprint density at radius 1 is 1.33 bits per heavy atom. The molecule has 7 nitrogen and oxygen atoms in total. The summed E-state index contributed by atoms with van der Waals surface area (Å²) in [7, 11) is -0.516. The fraction of sp³-hybridized carbons (Fsp3) is 0.615. The number of rotatable bonds is 6. The summed E-state index contributed by atoms with van der Waals surface area (Å²) in [6.45, 7) is 3.10. The monoisotopic (exact) mass is 315 g/mol. The first kappa shape index (κ1) is 16.2. The minimum atomic E-state index is -3.63. The third kappa shape index (κ3) is 3.18. The van der Waals surface area contributed by atoms with Gasteiger partial charge in [-0.3, -0.25) is 4.98 Å². The Bertz CT molecular complexity index is 567. The van der Waals surface area contributed by atoms with Crippen molar-refractivity contribution in [2.24, 2.45) is 0 Å². The highest BCUT2D eigenvalue weighted by atomic mass is 32.2. The maximum atomic E-state index is 12.8. The number of hydrogen-bond donors (Lipinski definition) is 1. The molecule has 0 spiro atoms. The number of aromatic nitrogens is 1. The van der Waals surface area contributed by atoms with Crippen LogP contribution in [0.25, 0.3) is 0 Å². The molecule has 2 atom stereocenters. The van der Waals surface area contributed by atoms with E-state index in [9.17, 15) is 8.42 Å². The molecule has 1 aromatic rings. The predicted molar refractivity (Wildman–Crippen MR) is 78.8 cm³/mol. The predicted octanol–water partition coefficient (Wildman–Crippen LogP) is 0.548. The molecule has 1 N–H and O–H groups in total. The molecule has 1 aromatic heterocycles. The summed E-state index contributed by atoms with van der Waals surface area (Å²) in [6.07, 6.45) is 2.42. The molecule has 2 rings (SSSR count). The van der Waals surface area contributed by atoms with E-state index in [4.69, 9.17) is 9.47 Å². The third-order valence-corrected chi connectivity index (χ3v) is 5.42. The van der Waals surface area contributed by atoms with Crippen molar-refractivity contribution < 1.29 is 17.9 Å². The second-order valence-electron chi connectivity index (χ2n) is 4.77. The highest BCUT2D eigenvalue weighted by Crippen LogP contribution is 2.27. The molecule has 0 radical (unpaired) electrons. The molecule has 21 heavy (non-hydrogen) atoms. The first-order valence-electron chi connectivity index (χ1n) is 6.78. The van der Waals surface area contributed by atoms with Gasteiger partial charge in [0.25, 0.3) is 0 Å². The third-order valence-electron chi connectivity index (χ3n) is 3.56. The van der Waals surface area contributed by atoms with Crippen LogP contribution < -0.4 is 5.32 Å². The van der Waals surface area contributed by atoms with E-state index in [-0.39, 0.29) is 30.2 Å². The summed E-state index contributed by atoms with van der Waals surface area (Å²) >= 11 is 0. The standard InChI is InChI=1S/C13H21N3O4S/c1-4-15-10-5-6-14-7-13(10)21(17,18)16-8-11(19-2)12(9-16)20-3/h5-7,11-12H,4,8-9H2,1-3H3,(H,14,15). The summed E-state index contributed by atoms with van der Waals surface area (Å²) in [5.41, 5.74) is 0.558. The smallest absolute Gasteiger partial charge is 0.246 e. The first-order valence-corrected chi connectivity index (χ1v) is 8.22. The van der Waals surface area contributed by atoms with E-state index in [1.807, 2.05) is 6.92 Å². The lowest BCUT2D eigenvalue weighted by Crippen LogP contribution is -2.31. The molecule has 0 aliphatic carbocycles. The van der Waals surface area contributed by atoms with Crippen molar-refractivity contribution in [1.82, 2.24) is 9.29 Å². The SMILES string of the molecule is CCNc1ccncc1S(=O)(=O)N1CC(OC)C(OC)C1. The van der Waals surface area contributed by atoms with E-state index in [1.165, 1.54) is 10.5 Å². The number of ether oxygens (including phenoxy) is 2. The van der Waals surface area contributed by atoms with Crippen molar-refractivity contribution in [3.63, 3.8) is 0 Å². The number of nitrogens with one attached hydrogen (secondary N) is 1. The van der Waals surface area contributed by atoms with Crippen molar-refractivity contribution in [2.45, 2.75) is 24.0 Å². The molecule has 0 saturated carbocycles. The van der Waals surface area contributed by atoms with Crippen molar-refractivity contribution in [3.05, 3.63) is 18.5 Å². The van der Waals surface area contributed by atoms with Gasteiger partial charge in [-0.2, -0.15) is 4.31 Å². The van der Waals surface area contributed by atoms with Crippen LogP contribution in [0.2, 0.25) is 0 Å². The van der Waals surface area contributed by atoms with Gasteiger partial charge in [0.1, 0.15) is 4.90 Å². The lowest BCUT2D eigenvalue weighted by atomic mass is 10.3. The van der Waals surface area contributed by atoms with Crippen LogP contribution in [0, 0.1) is 0 Å². The largest absolute Gasteiger partial charge is 0.384 e. The lowest BCUT2D eigenvalue weighted by molar-refractivity contribution is -0.00461. The maximum absolute atomic E-state index is 12.8. The second kappa shape index (κ2) is 6.69. The van der Waals surface area contributed by atoms with Gasteiger partial charge in [-0.15, -0.1) is 0 Å². The molecule has 0 aromatic carbocycles. The van der Waals surface area contributed by atoms with Crippen LogP contribution in [0.1, 0.15) is 6.92 Å². The van der Waals surface area contributed by atoms with Crippen LogP contribution in [-0.4, -0.2) is 63.8 Å². The molecule has 8 heteroatoms. The molecule has 1 saturated heterocycles. The van der Waals surface area contributed by atoms with E-state index in [1.54, 1.807) is 26.5 Å². The highest BCUT2D eigenvalue weighted by molar-refractivity contribution is 7.89. The molecule has 0 amide bonds. The molecule has 2 heterocycles. The van der Waals surface area contributed by atoms with E-state index in [0.29, 0.717) is 12.2 Å². The molecule has 0 bridgehead atoms. The number of sulfonamides is 1. The van der Waals surface area contributed by atoms with Gasteiger partial charge in [-0.1, -0.05) is 0 Å². The Hall–Kier alpha value is -1.22. The summed E-state index contributed by atoms with van der Waals surface area (Å²) in [4.78, 5) is 4.11. The zero-order valence-electron chi connectivity index (χ0n) is 12.4. The van der Waals surface area contributed by atoms with Crippen LogP contribution in [0.3, 0.4) is 0 Å². The Labute approximate surface area is 125 Å². The Morgan fingerprint density at radius 3 is 2.48 bits per heavy atom. The van der Waals surface area contributed by atoms with Gasteiger partial charge in [0.15, 0.2) is 0 Å². The minimum Gasteiger partial charge on any atom is -0.384 e. The highest BCUT2D eigenvalue weighted by Gasteiger charge is 2.40. The number of methoxy groups -OCH3 is 2. The second-order valence-corrected chi connectivity index (χ2v) is 6.68. The average molecular weight is 315 g/mol. The number of hydrogen-bond acceptors (Lipinski definition) is 6. The topological polar surface area (TPSA) is 80.8 Å². The average Bonchev–Trinajstić information content (AvgIpc) is 2.92. The zero-order chi connectivity index (χ0) is 15.5. The van der Waals surface area contributed by atoms with Crippen LogP contribution >= 0.6 is 0 Å². The molecule has 1 aliphatic rings. The fourth-order valence-corrected chi connectivity index (χ4v) is 4.00. The van der Waals surface area contributed by atoms with Crippen molar-refractivity contribution in [1.29, 1.82) is 0 Å². The van der Waals surface area contributed by atoms with Crippen molar-refractivity contribution >= 4 is 15.7 Å². The van der Waals surface area contributed by atoms with E-state index in [0.717, 1.165) is 0 Å². The normalized spacial score (nSPS) is 23.4. The number of pyridine rings is 1. The minimum absolute atomic E-state index is 0.179. The Kier molecular flexibility index (Phi) is 5.15. The van der Waals surface area contributed by atoms with E-state index < -0.39 is 10.0 Å². The number of anilines is 1. The molecule has 1 fully saturated rings. The lowest BCUT2D eigenvalue weighted by Gasteiger charge is -2.18. The quantitative estimate of drug-likeness (QED) is 0.825. The van der Waals surface area contributed by atoms with Crippen LogP contribution in [0.5, 0.6) is 0 Å². The zero-order valence-corrected chi connectivity index (χ0v) is 13.3. The molecule has 118 valence electrons. The molecular formula is C13H21N3O4S. The van der Waals surface area contributed by atoms with Crippen LogP contribution in [-0.2, 0) is 19.5 Å². The summed E-state index contributed by atoms with van der Waals surface area (Å²) in [5.74, 6) is 0. The Balaban J connectivity index is 2.31. The van der Waals surface area contributed by atoms with Crippen LogP contribution in [0.4, 0.5) is 5.69 Å². The van der Waals surface area contributed by atoms with Gasteiger partial charge in [0.05, 0.1) is 17.9 Å². The van der Waals surface area contributed by atoms with Gasteiger partial charge in [0, 0.05) is 46.2 Å². The van der Waals surface area contributed by atoms with Gasteiger partial charge in [-0.05, 0) is 13.0 Å². The molecule has 1 aliphatic heterocycles. The first-order chi connectivity index (χ1) is 10.0. The molecular weight excluding hydrogens is 294 g/mol. The van der Waals surface area contributed by atoms with E-state index in [2.05, 4.69) is 10.3 Å². The number of nitrogens with zero attached hydrogens (tertiary/aromatic N) is 2. The summed E-state index contributed by atoms with van der Waals surface area (Å²) in [5, 5.41) is 3.05. The molecule has 2 unspecified atom stereocenters. The van der Waals surface area contributed by atoms with Gasteiger partial charge >= 0.3 is 0 Å².